The molecule has 4 nitrogen and oxygen atoms in total. The van der Waals surface area contributed by atoms with Gasteiger partial charge >= 0.3 is 7.82 Å². The van der Waals surface area contributed by atoms with E-state index in [-0.39, 0.29) is 38.4 Å². The van der Waals surface area contributed by atoms with E-state index in [9.17, 15) is 0 Å². The molecular formula is CH10MoO4P2. The van der Waals surface area contributed by atoms with Gasteiger partial charge in [0.2, 0.25) is 0 Å². The zero-order valence-corrected chi connectivity index (χ0v) is 7.63. The normalized spacial score (nSPS) is 7.38. The summed E-state index contributed by atoms with van der Waals surface area (Å²) in [6, 6.07) is 0. The molecule has 0 spiro atoms. The largest absolute Gasteiger partial charge is 0.466 e. The molecule has 0 saturated carbocycles. The maximum atomic E-state index is 8.88. The third kappa shape index (κ3) is 186. The van der Waals surface area contributed by atoms with Crippen LogP contribution < -0.4 is 0 Å². The molecule has 0 heterocycles. The quantitative estimate of drug-likeness (QED) is 0.406. The Morgan fingerprint density at radius 1 is 1.12 bits per heavy atom. The van der Waals surface area contributed by atoms with Crippen molar-refractivity contribution in [3.05, 3.63) is 0 Å². The summed E-state index contributed by atoms with van der Waals surface area (Å²) in [4.78, 5) is 21.6. The monoisotopic (exact) mass is 246 g/mol. The van der Waals surface area contributed by atoms with Crippen LogP contribution in [0.1, 0.15) is 7.43 Å². The third-order valence-electron chi connectivity index (χ3n) is 0. The molecule has 0 saturated heterocycles. The first-order chi connectivity index (χ1) is 2.00. The topological polar surface area (TPSA) is 77.8 Å². The zero-order valence-electron chi connectivity index (χ0n) is 3.31. The molecule has 3 N–H and O–H groups in total. The Morgan fingerprint density at radius 2 is 1.12 bits per heavy atom. The molecule has 0 rings (SSSR count). The Labute approximate surface area is 65.8 Å². The second kappa shape index (κ2) is 8.23. The van der Waals surface area contributed by atoms with E-state index in [0.717, 1.165) is 0 Å². The Kier molecular flexibility index (Phi) is 23.5. The number of hydrogen-bond acceptors (Lipinski definition) is 1. The van der Waals surface area contributed by atoms with E-state index >= 15 is 0 Å². The molecule has 0 radical (unpaired) electrons. The average Bonchev–Trinajstić information content (AvgIpc) is 0.722. The van der Waals surface area contributed by atoms with Crippen molar-refractivity contribution in [1.82, 2.24) is 0 Å². The molecule has 0 bridgehead atoms. The molecular weight excluding hydrogens is 234 g/mol. The molecule has 0 aromatic carbocycles. The first-order valence-corrected chi connectivity index (χ1v) is 2.35. The molecule has 1 atom stereocenters. The van der Waals surface area contributed by atoms with Crippen LogP contribution in [0.4, 0.5) is 0 Å². The van der Waals surface area contributed by atoms with E-state index in [0.29, 0.717) is 0 Å². The maximum Gasteiger partial charge on any atom is 0.466 e. The van der Waals surface area contributed by atoms with E-state index in [1.807, 2.05) is 0 Å². The molecule has 0 fully saturated rings. The van der Waals surface area contributed by atoms with Gasteiger partial charge in [0.25, 0.3) is 0 Å². The van der Waals surface area contributed by atoms with Gasteiger partial charge in [-0.3, -0.25) is 0 Å². The summed E-state index contributed by atoms with van der Waals surface area (Å²) >= 11 is 0. The van der Waals surface area contributed by atoms with Crippen molar-refractivity contribution < 1.29 is 40.3 Å². The van der Waals surface area contributed by atoms with Crippen LogP contribution in [0.25, 0.3) is 0 Å². The minimum atomic E-state index is -4.64. The summed E-state index contributed by atoms with van der Waals surface area (Å²) < 4.78 is 8.88. The molecule has 0 amide bonds. The summed E-state index contributed by atoms with van der Waals surface area (Å²) in [6.45, 7) is 0. The molecule has 1 unspecified atom stereocenters. The van der Waals surface area contributed by atoms with Crippen molar-refractivity contribution in [3.63, 3.8) is 0 Å². The second-order valence-corrected chi connectivity index (χ2v) is 1.54. The van der Waals surface area contributed by atoms with E-state index in [2.05, 4.69) is 0 Å². The SMILES string of the molecule is C.O=P(O)(O)O.P.[Mo]. The fourth-order valence-electron chi connectivity index (χ4n) is 0. The van der Waals surface area contributed by atoms with E-state index in [1.165, 1.54) is 0 Å². The summed E-state index contributed by atoms with van der Waals surface area (Å²) in [7, 11) is -4.64. The van der Waals surface area contributed by atoms with Crippen molar-refractivity contribution in [3.8, 4) is 0 Å². The zero-order chi connectivity index (χ0) is 4.50. The smallest absolute Gasteiger partial charge is 0.303 e. The van der Waals surface area contributed by atoms with Crippen molar-refractivity contribution in [2.24, 2.45) is 0 Å². The van der Waals surface area contributed by atoms with Crippen LogP contribution in [-0.4, -0.2) is 14.7 Å². The van der Waals surface area contributed by atoms with E-state index < -0.39 is 7.82 Å². The Balaban J connectivity index is -0.0000000267. The van der Waals surface area contributed by atoms with Gasteiger partial charge in [-0.2, -0.15) is 9.90 Å². The minimum absolute atomic E-state index is 0. The van der Waals surface area contributed by atoms with Crippen LogP contribution in [-0.2, 0) is 25.6 Å². The molecule has 0 aliphatic heterocycles. The summed E-state index contributed by atoms with van der Waals surface area (Å²) in [5.41, 5.74) is 0. The molecule has 0 aromatic heterocycles. The molecule has 0 aliphatic rings. The molecule has 0 aliphatic carbocycles. The van der Waals surface area contributed by atoms with Crippen LogP contribution >= 0.6 is 17.7 Å². The van der Waals surface area contributed by atoms with Crippen molar-refractivity contribution in [2.45, 2.75) is 7.43 Å². The molecule has 0 aromatic rings. The standard InChI is InChI=1S/CH4.Mo.H3O4P.H3P/c;;1-5(2,3)4;/h1H4;;(H3,1,2,3,4);1H3. The van der Waals surface area contributed by atoms with Gasteiger partial charge < -0.3 is 14.7 Å². The average molecular weight is 244 g/mol. The van der Waals surface area contributed by atoms with Crippen molar-refractivity contribution >= 4 is 17.7 Å². The van der Waals surface area contributed by atoms with Gasteiger partial charge in [-0.05, 0) is 0 Å². The predicted molar refractivity (Wildman–Crippen MR) is 32.1 cm³/mol. The van der Waals surface area contributed by atoms with Crippen molar-refractivity contribution in [2.75, 3.05) is 0 Å². The minimum Gasteiger partial charge on any atom is -0.303 e. The van der Waals surface area contributed by atoms with Gasteiger partial charge in [0.05, 0.1) is 0 Å². The molecule has 54 valence electrons. The van der Waals surface area contributed by atoms with Gasteiger partial charge in [-0.1, -0.05) is 7.43 Å². The maximum absolute atomic E-state index is 8.88. The summed E-state index contributed by atoms with van der Waals surface area (Å²) in [5, 5.41) is 0. The molecule has 8 heavy (non-hydrogen) atoms. The van der Waals surface area contributed by atoms with Crippen LogP contribution in [0.3, 0.4) is 0 Å². The predicted octanol–water partition coefficient (Wildman–Crippen LogP) is -0.237. The third-order valence-corrected chi connectivity index (χ3v) is 0. The van der Waals surface area contributed by atoms with Gasteiger partial charge in [0.1, 0.15) is 0 Å². The van der Waals surface area contributed by atoms with Crippen LogP contribution in [0.2, 0.25) is 0 Å². The van der Waals surface area contributed by atoms with Gasteiger partial charge in [0, 0.05) is 21.1 Å². The summed E-state index contributed by atoms with van der Waals surface area (Å²) in [5.74, 6) is 0. The number of hydrogen-bond donors (Lipinski definition) is 3. The number of rotatable bonds is 0. The van der Waals surface area contributed by atoms with Crippen LogP contribution in [0, 0.1) is 0 Å². The van der Waals surface area contributed by atoms with Crippen LogP contribution in [0.5, 0.6) is 0 Å². The first kappa shape index (κ1) is 22.9. The van der Waals surface area contributed by atoms with Gasteiger partial charge in [0.15, 0.2) is 0 Å². The van der Waals surface area contributed by atoms with Gasteiger partial charge in [-0.15, -0.1) is 0 Å². The molecule has 7 heteroatoms. The van der Waals surface area contributed by atoms with E-state index in [4.69, 9.17) is 19.2 Å². The van der Waals surface area contributed by atoms with E-state index in [1.54, 1.807) is 0 Å². The fourth-order valence-corrected chi connectivity index (χ4v) is 0. The Hall–Kier alpha value is 1.23. The Bertz CT molecular complexity index is 60.2. The second-order valence-electron chi connectivity index (χ2n) is 0.513. The van der Waals surface area contributed by atoms with Crippen LogP contribution in [0.15, 0.2) is 0 Å². The fraction of sp³-hybridized carbons (Fsp3) is 1.00. The van der Waals surface area contributed by atoms with Crippen molar-refractivity contribution in [1.29, 1.82) is 0 Å². The first-order valence-electron chi connectivity index (χ1n) is 0.783. The summed E-state index contributed by atoms with van der Waals surface area (Å²) in [6.07, 6.45) is 0. The number of phosphoric acid groups is 1. The van der Waals surface area contributed by atoms with Gasteiger partial charge in [-0.25, -0.2) is 4.57 Å². The Morgan fingerprint density at radius 3 is 1.12 bits per heavy atom.